The number of hydrogen-bond acceptors (Lipinski definition) is 1. The van der Waals surface area contributed by atoms with Gasteiger partial charge in [-0.05, 0) is 24.6 Å². The Kier molecular flexibility index (Phi) is 2.86. The molecule has 1 N–H and O–H groups in total. The predicted molar refractivity (Wildman–Crippen MR) is 54.3 cm³/mol. The monoisotopic (exact) mass is 164 g/mol. The highest BCUT2D eigenvalue weighted by molar-refractivity contribution is 5.74. The van der Waals surface area contributed by atoms with Gasteiger partial charge >= 0.3 is 0 Å². The van der Waals surface area contributed by atoms with Crippen molar-refractivity contribution in [3.8, 4) is 0 Å². The summed E-state index contributed by atoms with van der Waals surface area (Å²) in [7, 11) is 0. The molecule has 0 amide bonds. The lowest BCUT2D eigenvalue weighted by Crippen LogP contribution is -1.71. The molecular formula is C10H16N2. The number of hydrogen-bond donors (Lipinski definition) is 1. The number of rotatable bonds is 0. The van der Waals surface area contributed by atoms with Gasteiger partial charge in [-0.2, -0.15) is 0 Å². The van der Waals surface area contributed by atoms with Crippen molar-refractivity contribution in [2.75, 3.05) is 0 Å². The molecule has 1 aromatic carbocycles. The summed E-state index contributed by atoms with van der Waals surface area (Å²) in [6.45, 7) is 6.07. The maximum Gasteiger partial charge on any atom is 0.0931 e. The lowest BCUT2D eigenvalue weighted by atomic mass is 10.2. The van der Waals surface area contributed by atoms with Gasteiger partial charge in [-0.15, -0.1) is 0 Å². The largest absolute Gasteiger partial charge is 0.345 e. The van der Waals surface area contributed by atoms with Crippen LogP contribution in [-0.4, -0.2) is 9.97 Å². The van der Waals surface area contributed by atoms with Crippen LogP contribution in [0.25, 0.3) is 11.0 Å². The molecule has 0 spiro atoms. The second kappa shape index (κ2) is 3.90. The van der Waals surface area contributed by atoms with E-state index in [1.807, 2.05) is 19.9 Å². The first-order chi connectivity index (χ1) is 5.86. The first-order valence-electron chi connectivity index (χ1n) is 4.26. The molecule has 1 heterocycles. The van der Waals surface area contributed by atoms with Gasteiger partial charge in [0.25, 0.3) is 0 Å². The molecule has 66 valence electrons. The Bertz CT molecular complexity index is 354. The summed E-state index contributed by atoms with van der Waals surface area (Å²) in [6.07, 6.45) is 1.71. The van der Waals surface area contributed by atoms with Crippen LogP contribution in [0.3, 0.4) is 0 Å². The Labute approximate surface area is 74.1 Å². The van der Waals surface area contributed by atoms with Gasteiger partial charge in [0, 0.05) is 1.43 Å². The number of fused-ring (bicyclic) bond motifs is 1. The van der Waals surface area contributed by atoms with Crippen LogP contribution in [0.2, 0.25) is 0 Å². The molecule has 0 aliphatic rings. The van der Waals surface area contributed by atoms with E-state index in [0.717, 1.165) is 11.0 Å². The van der Waals surface area contributed by atoms with Crippen LogP contribution in [0.4, 0.5) is 0 Å². The first kappa shape index (κ1) is 8.78. The van der Waals surface area contributed by atoms with E-state index in [4.69, 9.17) is 0 Å². The Morgan fingerprint density at radius 1 is 1.33 bits per heavy atom. The van der Waals surface area contributed by atoms with Crippen LogP contribution in [0.1, 0.15) is 20.8 Å². The Balaban J connectivity index is 0.000000451. The molecule has 2 rings (SSSR count). The van der Waals surface area contributed by atoms with Crippen LogP contribution in [-0.2, 0) is 0 Å². The van der Waals surface area contributed by atoms with Crippen LogP contribution in [0, 0.1) is 6.92 Å². The van der Waals surface area contributed by atoms with Crippen LogP contribution < -0.4 is 0 Å². The molecule has 0 unspecified atom stereocenters. The highest BCUT2D eigenvalue weighted by atomic mass is 14.9. The van der Waals surface area contributed by atoms with E-state index in [2.05, 4.69) is 29.0 Å². The highest BCUT2D eigenvalue weighted by Crippen LogP contribution is 2.09. The molecule has 2 aromatic rings. The summed E-state index contributed by atoms with van der Waals surface area (Å²) in [5.41, 5.74) is 3.40. The Morgan fingerprint density at radius 3 is 2.83 bits per heavy atom. The standard InChI is InChI=1S/C8H8N2.C2H6.H2/c1-6-2-3-7-8(4-6)10-5-9-7;1-2;/h2-5H,1H3,(H,9,10);1-2H3;1H. The lowest BCUT2D eigenvalue weighted by Gasteiger charge is -1.89. The zero-order chi connectivity index (χ0) is 8.97. The maximum atomic E-state index is 4.10. The van der Waals surface area contributed by atoms with Crippen molar-refractivity contribution in [3.05, 3.63) is 30.1 Å². The minimum atomic E-state index is 0. The van der Waals surface area contributed by atoms with Crippen molar-refractivity contribution in [2.24, 2.45) is 0 Å². The van der Waals surface area contributed by atoms with Crippen molar-refractivity contribution < 1.29 is 1.43 Å². The maximum absolute atomic E-state index is 4.10. The summed E-state index contributed by atoms with van der Waals surface area (Å²) < 4.78 is 0. The van der Waals surface area contributed by atoms with Crippen LogP contribution >= 0.6 is 0 Å². The molecule has 0 radical (unpaired) electrons. The Morgan fingerprint density at radius 2 is 2.08 bits per heavy atom. The van der Waals surface area contributed by atoms with Crippen LogP contribution in [0.5, 0.6) is 0 Å². The molecule has 0 saturated carbocycles. The van der Waals surface area contributed by atoms with E-state index in [-0.39, 0.29) is 1.43 Å². The van der Waals surface area contributed by atoms with Crippen molar-refractivity contribution in [2.45, 2.75) is 20.8 Å². The molecule has 0 fully saturated rings. The van der Waals surface area contributed by atoms with E-state index >= 15 is 0 Å². The third-order valence-electron chi connectivity index (χ3n) is 1.58. The highest BCUT2D eigenvalue weighted by Gasteiger charge is 1.92. The van der Waals surface area contributed by atoms with E-state index in [0.29, 0.717) is 0 Å². The number of benzene rings is 1. The fourth-order valence-corrected chi connectivity index (χ4v) is 1.05. The van der Waals surface area contributed by atoms with E-state index in [1.165, 1.54) is 5.56 Å². The number of H-pyrrole nitrogens is 1. The third-order valence-corrected chi connectivity index (χ3v) is 1.58. The molecule has 1 aromatic heterocycles. The van der Waals surface area contributed by atoms with Crippen molar-refractivity contribution in [1.29, 1.82) is 0 Å². The minimum absolute atomic E-state index is 0. The first-order valence-corrected chi connectivity index (χ1v) is 4.26. The number of aromatic amines is 1. The quantitative estimate of drug-likeness (QED) is 0.636. The molecule has 12 heavy (non-hydrogen) atoms. The summed E-state index contributed by atoms with van der Waals surface area (Å²) in [5.74, 6) is 0. The summed E-state index contributed by atoms with van der Waals surface area (Å²) in [6, 6.07) is 6.16. The second-order valence-electron chi connectivity index (χ2n) is 2.42. The van der Waals surface area contributed by atoms with Crippen LogP contribution in [0.15, 0.2) is 24.5 Å². The van der Waals surface area contributed by atoms with Gasteiger partial charge in [0.05, 0.1) is 17.4 Å². The van der Waals surface area contributed by atoms with Crippen molar-refractivity contribution in [3.63, 3.8) is 0 Å². The molecule has 0 atom stereocenters. The Hall–Kier alpha value is -1.31. The molecule has 2 heteroatoms. The lowest BCUT2D eigenvalue weighted by molar-refractivity contribution is 1.34. The third kappa shape index (κ3) is 1.64. The van der Waals surface area contributed by atoms with Gasteiger partial charge in [-0.25, -0.2) is 4.98 Å². The average molecular weight is 164 g/mol. The number of aryl methyl sites for hydroxylation is 1. The second-order valence-corrected chi connectivity index (χ2v) is 2.42. The summed E-state index contributed by atoms with van der Waals surface area (Å²) in [5, 5.41) is 0. The van der Waals surface area contributed by atoms with E-state index in [9.17, 15) is 0 Å². The fraction of sp³-hybridized carbons (Fsp3) is 0.300. The van der Waals surface area contributed by atoms with Gasteiger partial charge in [0.2, 0.25) is 0 Å². The summed E-state index contributed by atoms with van der Waals surface area (Å²) >= 11 is 0. The number of nitrogens with zero attached hydrogens (tertiary/aromatic N) is 1. The zero-order valence-electron chi connectivity index (χ0n) is 7.76. The minimum Gasteiger partial charge on any atom is -0.345 e. The van der Waals surface area contributed by atoms with Gasteiger partial charge < -0.3 is 4.98 Å². The topological polar surface area (TPSA) is 28.7 Å². The molecule has 0 saturated heterocycles. The molecular weight excluding hydrogens is 148 g/mol. The van der Waals surface area contributed by atoms with Crippen molar-refractivity contribution in [1.82, 2.24) is 9.97 Å². The molecule has 0 aliphatic carbocycles. The smallest absolute Gasteiger partial charge is 0.0931 e. The predicted octanol–water partition coefficient (Wildman–Crippen LogP) is 3.14. The van der Waals surface area contributed by atoms with Crippen molar-refractivity contribution >= 4 is 11.0 Å². The van der Waals surface area contributed by atoms with E-state index < -0.39 is 0 Å². The average Bonchev–Trinajstić information content (AvgIpc) is 2.54. The molecule has 0 aliphatic heterocycles. The van der Waals surface area contributed by atoms with Gasteiger partial charge in [0.1, 0.15) is 0 Å². The number of aromatic nitrogens is 2. The normalized spacial score (nSPS) is 9.25. The van der Waals surface area contributed by atoms with Gasteiger partial charge in [-0.1, -0.05) is 19.9 Å². The van der Waals surface area contributed by atoms with Gasteiger partial charge in [-0.3, -0.25) is 0 Å². The summed E-state index contributed by atoms with van der Waals surface area (Å²) in [4.78, 5) is 7.15. The SMILES string of the molecule is CC.Cc1ccc2nc[nH]c2c1.[HH]. The number of imidazole rings is 1. The zero-order valence-corrected chi connectivity index (χ0v) is 7.76. The fourth-order valence-electron chi connectivity index (χ4n) is 1.05. The molecule has 2 nitrogen and oxygen atoms in total. The van der Waals surface area contributed by atoms with E-state index in [1.54, 1.807) is 6.33 Å². The van der Waals surface area contributed by atoms with Gasteiger partial charge in [0.15, 0.2) is 0 Å². The molecule has 0 bridgehead atoms. The number of nitrogens with one attached hydrogen (secondary N) is 1.